The quantitative estimate of drug-likeness (QED) is 0.336. The van der Waals surface area contributed by atoms with Crippen LogP contribution in [0.1, 0.15) is 23.2 Å². The number of hydrogen-bond donors (Lipinski definition) is 1. The first-order valence-electron chi connectivity index (χ1n) is 4.28. The van der Waals surface area contributed by atoms with Crippen LogP contribution in [0.3, 0.4) is 0 Å². The highest BCUT2D eigenvalue weighted by Gasteiger charge is 2.03. The second-order valence-corrected chi connectivity index (χ2v) is 2.72. The van der Waals surface area contributed by atoms with E-state index < -0.39 is 0 Å². The monoisotopic (exact) mass is 193 g/mol. The van der Waals surface area contributed by atoms with Crippen LogP contribution in [0.4, 0.5) is 0 Å². The molecule has 0 amide bonds. The standard InChI is InChI=1S/C9H11N3O2/c13-9(4-2-6-11-12-14)8-3-1-5-10-7-8/h1,3,5,7H,2,4,6H2,(H,11,14). The minimum absolute atomic E-state index is 0.0336. The lowest BCUT2D eigenvalue weighted by Crippen LogP contribution is -1.99. The molecular formula is C9H11N3O2. The smallest absolute Gasteiger partial charge is 0.164 e. The van der Waals surface area contributed by atoms with Crippen molar-refractivity contribution < 1.29 is 10.0 Å². The van der Waals surface area contributed by atoms with Crippen molar-refractivity contribution in [3.63, 3.8) is 0 Å². The minimum atomic E-state index is 0.0336. The van der Waals surface area contributed by atoms with Gasteiger partial charge in [0.2, 0.25) is 0 Å². The van der Waals surface area contributed by atoms with Crippen molar-refractivity contribution in [2.24, 2.45) is 10.4 Å². The van der Waals surface area contributed by atoms with E-state index in [0.717, 1.165) is 0 Å². The van der Waals surface area contributed by atoms with Crippen LogP contribution >= 0.6 is 0 Å². The van der Waals surface area contributed by atoms with Crippen LogP contribution in [0.15, 0.2) is 34.9 Å². The number of pyridine rings is 1. The van der Waals surface area contributed by atoms with Gasteiger partial charge in [-0.05, 0) is 18.6 Å². The SMILES string of the molecule is O=C(CCCN=NO)c1cccnc1. The van der Waals surface area contributed by atoms with Gasteiger partial charge in [-0.1, -0.05) is 0 Å². The van der Waals surface area contributed by atoms with E-state index in [2.05, 4.69) is 15.4 Å². The van der Waals surface area contributed by atoms with Crippen molar-refractivity contribution in [3.05, 3.63) is 30.1 Å². The van der Waals surface area contributed by atoms with Crippen LogP contribution in [0.5, 0.6) is 0 Å². The van der Waals surface area contributed by atoms with Gasteiger partial charge in [-0.3, -0.25) is 9.78 Å². The molecule has 0 bridgehead atoms. The van der Waals surface area contributed by atoms with E-state index in [1.54, 1.807) is 18.3 Å². The molecule has 74 valence electrons. The number of Topliss-reactive ketones (excluding diaryl/α,β-unsaturated/α-hetero) is 1. The Labute approximate surface area is 81.5 Å². The summed E-state index contributed by atoms with van der Waals surface area (Å²) in [6, 6.07) is 3.45. The lowest BCUT2D eigenvalue weighted by molar-refractivity contribution is 0.0980. The van der Waals surface area contributed by atoms with Crippen LogP contribution in [-0.2, 0) is 0 Å². The van der Waals surface area contributed by atoms with Crippen LogP contribution in [0.25, 0.3) is 0 Å². The van der Waals surface area contributed by atoms with E-state index in [4.69, 9.17) is 5.21 Å². The predicted octanol–water partition coefficient (Wildman–Crippen LogP) is 1.89. The average Bonchev–Trinajstić information content (AvgIpc) is 2.25. The van der Waals surface area contributed by atoms with Crippen molar-refractivity contribution in [3.8, 4) is 0 Å². The molecule has 1 aromatic rings. The van der Waals surface area contributed by atoms with Gasteiger partial charge >= 0.3 is 0 Å². The molecule has 1 aromatic heterocycles. The fourth-order valence-electron chi connectivity index (χ4n) is 1.03. The maximum absolute atomic E-state index is 11.4. The summed E-state index contributed by atoms with van der Waals surface area (Å²) in [5.74, 6) is 0.0336. The summed E-state index contributed by atoms with van der Waals surface area (Å²) in [5, 5.41) is 14.0. The molecule has 0 saturated heterocycles. The first-order chi connectivity index (χ1) is 6.84. The Morgan fingerprint density at radius 3 is 3.07 bits per heavy atom. The van der Waals surface area contributed by atoms with Gasteiger partial charge in [0.1, 0.15) is 0 Å². The molecule has 0 unspecified atom stereocenters. The van der Waals surface area contributed by atoms with Crippen molar-refractivity contribution in [2.75, 3.05) is 6.54 Å². The second-order valence-electron chi connectivity index (χ2n) is 2.72. The van der Waals surface area contributed by atoms with E-state index in [1.807, 2.05) is 0 Å². The zero-order valence-corrected chi connectivity index (χ0v) is 7.63. The molecule has 0 aliphatic carbocycles. The molecule has 14 heavy (non-hydrogen) atoms. The first-order valence-corrected chi connectivity index (χ1v) is 4.28. The molecule has 0 aliphatic heterocycles. The first kappa shape index (κ1) is 10.3. The van der Waals surface area contributed by atoms with Crippen LogP contribution in [0.2, 0.25) is 0 Å². The average molecular weight is 193 g/mol. The maximum atomic E-state index is 11.4. The number of hydrogen-bond acceptors (Lipinski definition) is 4. The maximum Gasteiger partial charge on any atom is 0.164 e. The molecule has 1 rings (SSSR count). The van der Waals surface area contributed by atoms with Crippen molar-refractivity contribution in [2.45, 2.75) is 12.8 Å². The number of aromatic nitrogens is 1. The third-order valence-corrected chi connectivity index (χ3v) is 1.71. The molecule has 1 N–H and O–H groups in total. The molecule has 0 aromatic carbocycles. The van der Waals surface area contributed by atoms with Gasteiger partial charge in [0, 0.05) is 29.7 Å². The number of carbonyl (C=O) groups is 1. The molecule has 0 atom stereocenters. The number of nitrogens with zero attached hydrogens (tertiary/aromatic N) is 3. The Balaban J connectivity index is 2.36. The molecular weight excluding hydrogens is 182 g/mol. The highest BCUT2D eigenvalue weighted by molar-refractivity contribution is 5.95. The highest BCUT2D eigenvalue weighted by atomic mass is 16.5. The molecule has 0 fully saturated rings. The normalized spacial score (nSPS) is 10.6. The van der Waals surface area contributed by atoms with E-state index in [9.17, 15) is 4.79 Å². The summed E-state index contributed by atoms with van der Waals surface area (Å²) in [4.78, 5) is 15.3. The third-order valence-electron chi connectivity index (χ3n) is 1.71. The van der Waals surface area contributed by atoms with Gasteiger partial charge in [0.25, 0.3) is 0 Å². The molecule has 0 radical (unpaired) electrons. The van der Waals surface area contributed by atoms with Gasteiger partial charge in [-0.25, -0.2) is 0 Å². The van der Waals surface area contributed by atoms with Gasteiger partial charge in [-0.2, -0.15) is 5.11 Å². The zero-order chi connectivity index (χ0) is 10.2. The Hall–Kier alpha value is -1.78. The van der Waals surface area contributed by atoms with E-state index in [1.165, 1.54) is 6.20 Å². The summed E-state index contributed by atoms with van der Waals surface area (Å²) in [6.45, 7) is 0.364. The Morgan fingerprint density at radius 2 is 2.43 bits per heavy atom. The van der Waals surface area contributed by atoms with E-state index in [-0.39, 0.29) is 5.78 Å². The largest absolute Gasteiger partial charge is 0.395 e. The van der Waals surface area contributed by atoms with Gasteiger partial charge < -0.3 is 5.21 Å². The number of rotatable bonds is 5. The topological polar surface area (TPSA) is 74.9 Å². The third kappa shape index (κ3) is 3.30. The summed E-state index contributed by atoms with van der Waals surface area (Å²) < 4.78 is 0. The van der Waals surface area contributed by atoms with Crippen molar-refractivity contribution >= 4 is 5.78 Å². The van der Waals surface area contributed by atoms with Gasteiger partial charge in [-0.15, -0.1) is 0 Å². The van der Waals surface area contributed by atoms with Crippen LogP contribution in [-0.4, -0.2) is 22.5 Å². The predicted molar refractivity (Wildman–Crippen MR) is 49.3 cm³/mol. The Kier molecular flexibility index (Phi) is 4.26. The second kappa shape index (κ2) is 5.80. The minimum Gasteiger partial charge on any atom is -0.395 e. The van der Waals surface area contributed by atoms with Crippen LogP contribution < -0.4 is 0 Å². The lowest BCUT2D eigenvalue weighted by atomic mass is 10.1. The van der Waals surface area contributed by atoms with Crippen LogP contribution in [0, 0.1) is 0 Å². The molecule has 0 aliphatic rings. The number of carbonyl (C=O) groups excluding carboxylic acids is 1. The molecule has 5 nitrogen and oxygen atoms in total. The van der Waals surface area contributed by atoms with E-state index in [0.29, 0.717) is 24.9 Å². The lowest BCUT2D eigenvalue weighted by Gasteiger charge is -1.97. The summed E-state index contributed by atoms with van der Waals surface area (Å²) >= 11 is 0. The zero-order valence-electron chi connectivity index (χ0n) is 7.63. The summed E-state index contributed by atoms with van der Waals surface area (Å²) in [5.41, 5.74) is 0.605. The van der Waals surface area contributed by atoms with Crippen molar-refractivity contribution in [1.82, 2.24) is 4.98 Å². The molecule has 1 heterocycles. The fraction of sp³-hybridized carbons (Fsp3) is 0.333. The fourth-order valence-corrected chi connectivity index (χ4v) is 1.03. The molecule has 0 spiro atoms. The molecule has 0 saturated carbocycles. The van der Waals surface area contributed by atoms with Gasteiger partial charge in [0.15, 0.2) is 5.78 Å². The van der Waals surface area contributed by atoms with Crippen molar-refractivity contribution in [1.29, 1.82) is 0 Å². The Morgan fingerprint density at radius 1 is 1.57 bits per heavy atom. The summed E-state index contributed by atoms with van der Waals surface area (Å²) in [6.07, 6.45) is 4.13. The van der Waals surface area contributed by atoms with E-state index >= 15 is 0 Å². The Bertz CT molecular complexity index is 311. The highest BCUT2D eigenvalue weighted by Crippen LogP contribution is 2.03. The van der Waals surface area contributed by atoms with Gasteiger partial charge in [0.05, 0.1) is 6.54 Å². The number of ketones is 1. The summed E-state index contributed by atoms with van der Waals surface area (Å²) in [7, 11) is 0. The molecule has 5 heteroatoms.